The van der Waals surface area contributed by atoms with Crippen molar-refractivity contribution in [3.63, 3.8) is 0 Å². The molecule has 0 aliphatic carbocycles. The van der Waals surface area contributed by atoms with Crippen LogP contribution in [0.2, 0.25) is 5.02 Å². The van der Waals surface area contributed by atoms with Crippen molar-refractivity contribution in [1.82, 2.24) is 4.98 Å². The maximum Gasteiger partial charge on any atom is 0.280 e. The molecule has 0 spiro atoms. The summed E-state index contributed by atoms with van der Waals surface area (Å²) >= 11 is 8.43. The average Bonchev–Trinajstić information content (AvgIpc) is 2.03. The van der Waals surface area contributed by atoms with E-state index in [-0.39, 0.29) is 15.2 Å². The molecular formula is C7H2BrClF2N2. The van der Waals surface area contributed by atoms with Crippen LogP contribution in [0.3, 0.4) is 0 Å². The van der Waals surface area contributed by atoms with Crippen LogP contribution in [0.1, 0.15) is 17.7 Å². The Morgan fingerprint density at radius 1 is 1.62 bits per heavy atom. The molecule has 1 aromatic heterocycles. The van der Waals surface area contributed by atoms with Crippen LogP contribution in [-0.2, 0) is 0 Å². The molecule has 6 heteroatoms. The van der Waals surface area contributed by atoms with Crippen molar-refractivity contribution in [1.29, 1.82) is 5.26 Å². The van der Waals surface area contributed by atoms with Crippen LogP contribution in [0, 0.1) is 11.3 Å². The van der Waals surface area contributed by atoms with Crippen molar-refractivity contribution in [3.05, 3.63) is 26.9 Å². The fourth-order valence-corrected chi connectivity index (χ4v) is 1.58. The van der Waals surface area contributed by atoms with Crippen LogP contribution >= 0.6 is 27.5 Å². The smallest absolute Gasteiger partial charge is 0.238 e. The van der Waals surface area contributed by atoms with E-state index < -0.39 is 12.1 Å². The van der Waals surface area contributed by atoms with E-state index in [4.69, 9.17) is 16.9 Å². The molecule has 1 heterocycles. The lowest BCUT2D eigenvalue weighted by Crippen LogP contribution is -1.93. The second-order valence-electron chi connectivity index (χ2n) is 2.11. The van der Waals surface area contributed by atoms with Gasteiger partial charge in [0.1, 0.15) is 21.9 Å². The Labute approximate surface area is 86.3 Å². The van der Waals surface area contributed by atoms with E-state index in [0.717, 1.165) is 6.07 Å². The number of halogens is 4. The molecule has 0 aliphatic heterocycles. The maximum absolute atomic E-state index is 12.1. The van der Waals surface area contributed by atoms with Crippen molar-refractivity contribution in [2.24, 2.45) is 0 Å². The van der Waals surface area contributed by atoms with E-state index in [0.29, 0.717) is 0 Å². The fourth-order valence-electron chi connectivity index (χ4n) is 0.713. The summed E-state index contributed by atoms with van der Waals surface area (Å²) in [4.78, 5) is 3.46. The Balaban J connectivity index is 3.30. The topological polar surface area (TPSA) is 36.7 Å². The van der Waals surface area contributed by atoms with Gasteiger partial charge in [0.15, 0.2) is 0 Å². The van der Waals surface area contributed by atoms with E-state index in [9.17, 15) is 8.78 Å². The molecule has 0 amide bonds. The summed E-state index contributed by atoms with van der Waals surface area (Å²) < 4.78 is 24.3. The molecule has 1 rings (SSSR count). The van der Waals surface area contributed by atoms with Gasteiger partial charge in [0.25, 0.3) is 6.43 Å². The maximum atomic E-state index is 12.1. The van der Waals surface area contributed by atoms with Crippen LogP contribution < -0.4 is 0 Å². The van der Waals surface area contributed by atoms with Crippen molar-refractivity contribution in [3.8, 4) is 6.07 Å². The van der Waals surface area contributed by atoms with Crippen molar-refractivity contribution >= 4 is 27.5 Å². The molecule has 2 nitrogen and oxygen atoms in total. The minimum atomic E-state index is -2.69. The molecule has 0 N–H and O–H groups in total. The van der Waals surface area contributed by atoms with Crippen molar-refractivity contribution < 1.29 is 8.78 Å². The van der Waals surface area contributed by atoms with Crippen LogP contribution in [0.25, 0.3) is 0 Å². The predicted octanol–water partition coefficient (Wildman–Crippen LogP) is 3.31. The Kier molecular flexibility index (Phi) is 3.17. The van der Waals surface area contributed by atoms with Crippen molar-refractivity contribution in [2.45, 2.75) is 6.43 Å². The summed E-state index contributed by atoms with van der Waals surface area (Å²) in [5.41, 5.74) is -0.387. The van der Waals surface area contributed by atoms with Gasteiger partial charge in [-0.3, -0.25) is 0 Å². The number of alkyl halides is 2. The second-order valence-corrected chi connectivity index (χ2v) is 3.27. The molecule has 0 aliphatic rings. The number of pyridine rings is 1. The first kappa shape index (κ1) is 10.4. The lowest BCUT2D eigenvalue weighted by atomic mass is 10.3. The fraction of sp³-hybridized carbons (Fsp3) is 0.143. The third-order valence-electron chi connectivity index (χ3n) is 1.28. The molecule has 13 heavy (non-hydrogen) atoms. The summed E-state index contributed by atoms with van der Waals surface area (Å²) in [6.45, 7) is 0. The number of rotatable bonds is 1. The summed E-state index contributed by atoms with van der Waals surface area (Å²) in [5, 5.41) is 8.51. The molecule has 0 unspecified atom stereocenters. The highest BCUT2D eigenvalue weighted by Crippen LogP contribution is 2.27. The Morgan fingerprint density at radius 3 is 2.62 bits per heavy atom. The van der Waals surface area contributed by atoms with Gasteiger partial charge in [0, 0.05) is 0 Å². The van der Waals surface area contributed by atoms with E-state index >= 15 is 0 Å². The number of hydrogen-bond acceptors (Lipinski definition) is 2. The molecular weight excluding hydrogens is 265 g/mol. The number of nitrogens with zero attached hydrogens (tertiary/aromatic N) is 2. The van der Waals surface area contributed by atoms with Gasteiger partial charge in [-0.05, 0) is 22.0 Å². The zero-order chi connectivity index (χ0) is 10.0. The van der Waals surface area contributed by atoms with Gasteiger partial charge in [0.05, 0.1) is 5.02 Å². The number of hydrogen-bond donors (Lipinski definition) is 0. The van der Waals surface area contributed by atoms with Gasteiger partial charge >= 0.3 is 0 Å². The monoisotopic (exact) mass is 266 g/mol. The molecule has 0 fully saturated rings. The largest absolute Gasteiger partial charge is 0.280 e. The molecule has 0 atom stereocenters. The summed E-state index contributed by atoms with van der Waals surface area (Å²) in [6, 6.07) is 2.73. The molecule has 68 valence electrons. The highest BCUT2D eigenvalue weighted by molar-refractivity contribution is 9.10. The lowest BCUT2D eigenvalue weighted by molar-refractivity contribution is 0.146. The first-order valence-electron chi connectivity index (χ1n) is 3.10. The lowest BCUT2D eigenvalue weighted by Gasteiger charge is -2.02. The standard InChI is InChI=1S/C7H2BrClF2N2/c8-6-3(2-12)4(9)1-5(13-6)7(10)11/h1,7H. The zero-order valence-electron chi connectivity index (χ0n) is 6.06. The Bertz CT molecular complexity index is 352. The average molecular weight is 267 g/mol. The minimum Gasteiger partial charge on any atom is -0.238 e. The van der Waals surface area contributed by atoms with Crippen LogP contribution in [0.5, 0.6) is 0 Å². The van der Waals surface area contributed by atoms with Gasteiger partial charge in [-0.2, -0.15) is 5.26 Å². The van der Waals surface area contributed by atoms with Gasteiger partial charge in [-0.15, -0.1) is 0 Å². The summed E-state index contributed by atoms with van der Waals surface area (Å²) in [5.74, 6) is 0. The third-order valence-corrected chi connectivity index (χ3v) is 2.15. The van der Waals surface area contributed by atoms with Crippen LogP contribution in [-0.4, -0.2) is 4.98 Å². The molecule has 0 aromatic carbocycles. The van der Waals surface area contributed by atoms with E-state index in [1.807, 2.05) is 0 Å². The summed E-state index contributed by atoms with van der Waals surface area (Å²) in [7, 11) is 0. The minimum absolute atomic E-state index is 0.0281. The van der Waals surface area contributed by atoms with Gasteiger partial charge in [0.2, 0.25) is 0 Å². The molecule has 0 saturated carbocycles. The van der Waals surface area contributed by atoms with Gasteiger partial charge in [-0.25, -0.2) is 13.8 Å². The Morgan fingerprint density at radius 2 is 2.23 bits per heavy atom. The van der Waals surface area contributed by atoms with Crippen LogP contribution in [0.4, 0.5) is 8.78 Å². The second kappa shape index (κ2) is 3.99. The van der Waals surface area contributed by atoms with E-state index in [1.165, 1.54) is 0 Å². The van der Waals surface area contributed by atoms with Crippen LogP contribution in [0.15, 0.2) is 10.7 Å². The van der Waals surface area contributed by atoms with E-state index in [1.54, 1.807) is 6.07 Å². The Hall–Kier alpha value is -0.730. The quantitative estimate of drug-likeness (QED) is 0.732. The molecule has 0 radical (unpaired) electrons. The highest BCUT2D eigenvalue weighted by Gasteiger charge is 2.14. The zero-order valence-corrected chi connectivity index (χ0v) is 8.40. The van der Waals surface area contributed by atoms with Gasteiger partial charge in [-0.1, -0.05) is 11.6 Å². The van der Waals surface area contributed by atoms with Gasteiger partial charge < -0.3 is 0 Å². The first-order chi connectivity index (χ1) is 6.06. The number of nitriles is 1. The normalized spacial score (nSPS) is 10.2. The van der Waals surface area contributed by atoms with E-state index in [2.05, 4.69) is 20.9 Å². The third kappa shape index (κ3) is 2.14. The molecule has 0 bridgehead atoms. The SMILES string of the molecule is N#Cc1c(Cl)cc(C(F)F)nc1Br. The summed E-state index contributed by atoms with van der Waals surface area (Å²) in [6.07, 6.45) is -2.69. The molecule has 1 aromatic rings. The predicted molar refractivity (Wildman–Crippen MR) is 46.6 cm³/mol. The number of aromatic nitrogens is 1. The first-order valence-corrected chi connectivity index (χ1v) is 4.27. The molecule has 0 saturated heterocycles. The van der Waals surface area contributed by atoms with Crippen molar-refractivity contribution in [2.75, 3.05) is 0 Å². The highest BCUT2D eigenvalue weighted by atomic mass is 79.9.